The van der Waals surface area contributed by atoms with Gasteiger partial charge in [-0.05, 0) is 24.4 Å². The van der Waals surface area contributed by atoms with E-state index in [1.54, 1.807) is 11.3 Å². The molecule has 1 aliphatic rings. The lowest BCUT2D eigenvalue weighted by Gasteiger charge is -2.14. The van der Waals surface area contributed by atoms with E-state index in [9.17, 15) is 4.79 Å². The largest absolute Gasteiger partial charge is 0.348 e. The van der Waals surface area contributed by atoms with E-state index in [-0.39, 0.29) is 18.3 Å². The van der Waals surface area contributed by atoms with Crippen LogP contribution >= 0.6 is 23.7 Å². The van der Waals surface area contributed by atoms with Gasteiger partial charge in [0.2, 0.25) is 0 Å². The van der Waals surface area contributed by atoms with Crippen molar-refractivity contribution in [3.05, 3.63) is 34.0 Å². The van der Waals surface area contributed by atoms with E-state index in [0.717, 1.165) is 25.1 Å². The van der Waals surface area contributed by atoms with Crippen LogP contribution in [0.15, 0.2) is 28.5 Å². The summed E-state index contributed by atoms with van der Waals surface area (Å²) in [6.45, 7) is 2.61. The van der Waals surface area contributed by atoms with Crippen molar-refractivity contribution in [3.63, 3.8) is 0 Å². The molecule has 0 bridgehead atoms. The first-order chi connectivity index (χ1) is 7.36. The average molecular weight is 259 g/mol. The van der Waals surface area contributed by atoms with Crippen molar-refractivity contribution in [1.82, 2.24) is 10.6 Å². The fourth-order valence-electron chi connectivity index (χ4n) is 1.52. The molecule has 0 saturated heterocycles. The second-order valence-corrected chi connectivity index (χ2v) is 4.29. The molecular formula is C11H15ClN2OS. The Labute approximate surface area is 105 Å². The van der Waals surface area contributed by atoms with Crippen LogP contribution in [0.4, 0.5) is 0 Å². The molecule has 88 valence electrons. The minimum atomic E-state index is 0. The Morgan fingerprint density at radius 3 is 3.06 bits per heavy atom. The Balaban J connectivity index is 0.00000128. The molecule has 0 unspecified atom stereocenters. The second kappa shape index (κ2) is 6.68. The molecule has 3 nitrogen and oxygen atoms in total. The minimum absolute atomic E-state index is 0. The third-order valence-electron chi connectivity index (χ3n) is 2.42. The van der Waals surface area contributed by atoms with Crippen molar-refractivity contribution >= 4 is 29.7 Å². The van der Waals surface area contributed by atoms with E-state index in [4.69, 9.17) is 0 Å². The Hall–Kier alpha value is -0.840. The van der Waals surface area contributed by atoms with Crippen molar-refractivity contribution in [3.8, 4) is 0 Å². The quantitative estimate of drug-likeness (QED) is 0.812. The Morgan fingerprint density at radius 1 is 1.56 bits per heavy atom. The SMILES string of the molecule is Cl.O=C(NCC1=CCNCC1)c1ccsc1. The van der Waals surface area contributed by atoms with E-state index >= 15 is 0 Å². The van der Waals surface area contributed by atoms with Crippen molar-refractivity contribution in [1.29, 1.82) is 0 Å². The highest BCUT2D eigenvalue weighted by Gasteiger charge is 2.07. The maximum Gasteiger partial charge on any atom is 0.252 e. The molecule has 0 atom stereocenters. The molecule has 1 aromatic rings. The Morgan fingerprint density at radius 2 is 2.44 bits per heavy atom. The molecule has 1 aromatic heterocycles. The number of halogens is 1. The summed E-state index contributed by atoms with van der Waals surface area (Å²) in [4.78, 5) is 11.6. The number of carbonyl (C=O) groups is 1. The highest BCUT2D eigenvalue weighted by molar-refractivity contribution is 7.08. The molecule has 0 aromatic carbocycles. The van der Waals surface area contributed by atoms with Crippen molar-refractivity contribution < 1.29 is 4.79 Å². The molecule has 2 rings (SSSR count). The normalized spacial score (nSPS) is 14.9. The fraction of sp³-hybridized carbons (Fsp3) is 0.364. The predicted molar refractivity (Wildman–Crippen MR) is 69.5 cm³/mol. The van der Waals surface area contributed by atoms with Crippen LogP contribution in [0.3, 0.4) is 0 Å². The van der Waals surface area contributed by atoms with Gasteiger partial charge in [-0.25, -0.2) is 0 Å². The molecule has 2 N–H and O–H groups in total. The summed E-state index contributed by atoms with van der Waals surface area (Å²) in [5, 5.41) is 9.95. The fourth-order valence-corrected chi connectivity index (χ4v) is 2.16. The van der Waals surface area contributed by atoms with Gasteiger partial charge in [0.25, 0.3) is 5.91 Å². The maximum atomic E-state index is 11.6. The van der Waals surface area contributed by atoms with E-state index in [1.807, 2.05) is 16.8 Å². The molecule has 16 heavy (non-hydrogen) atoms. The molecule has 0 fully saturated rings. The monoisotopic (exact) mass is 258 g/mol. The summed E-state index contributed by atoms with van der Waals surface area (Å²) in [5.74, 6) is 0.0238. The molecule has 0 saturated carbocycles. The van der Waals surface area contributed by atoms with Crippen LogP contribution in [0.1, 0.15) is 16.8 Å². The number of carbonyl (C=O) groups excluding carboxylic acids is 1. The zero-order chi connectivity index (χ0) is 10.5. The van der Waals surface area contributed by atoms with E-state index in [2.05, 4.69) is 16.7 Å². The van der Waals surface area contributed by atoms with E-state index in [0.29, 0.717) is 6.54 Å². The van der Waals surface area contributed by atoms with Gasteiger partial charge in [0.05, 0.1) is 0 Å². The first-order valence-corrected chi connectivity index (χ1v) is 5.99. The lowest BCUT2D eigenvalue weighted by atomic mass is 10.1. The van der Waals surface area contributed by atoms with Crippen molar-refractivity contribution in [2.75, 3.05) is 19.6 Å². The number of hydrogen-bond acceptors (Lipinski definition) is 3. The molecule has 0 spiro atoms. The summed E-state index contributed by atoms with van der Waals surface area (Å²) >= 11 is 1.54. The summed E-state index contributed by atoms with van der Waals surface area (Å²) in [5.41, 5.74) is 2.08. The molecule has 0 aliphatic carbocycles. The predicted octanol–water partition coefficient (Wildman–Crippen LogP) is 1.82. The van der Waals surface area contributed by atoms with Gasteiger partial charge in [0.15, 0.2) is 0 Å². The van der Waals surface area contributed by atoms with Gasteiger partial charge >= 0.3 is 0 Å². The number of hydrogen-bond donors (Lipinski definition) is 2. The van der Waals surface area contributed by atoms with E-state index < -0.39 is 0 Å². The summed E-state index contributed by atoms with van der Waals surface area (Å²) < 4.78 is 0. The second-order valence-electron chi connectivity index (χ2n) is 3.51. The van der Waals surface area contributed by atoms with Gasteiger partial charge in [-0.1, -0.05) is 11.6 Å². The van der Waals surface area contributed by atoms with Gasteiger partial charge in [0.1, 0.15) is 0 Å². The number of amides is 1. The van der Waals surface area contributed by atoms with Crippen molar-refractivity contribution in [2.45, 2.75) is 6.42 Å². The molecule has 0 radical (unpaired) electrons. The highest BCUT2D eigenvalue weighted by Crippen LogP contribution is 2.06. The highest BCUT2D eigenvalue weighted by atomic mass is 35.5. The summed E-state index contributed by atoms with van der Waals surface area (Å²) in [6, 6.07) is 1.84. The third-order valence-corrected chi connectivity index (χ3v) is 3.10. The van der Waals surface area contributed by atoms with Crippen LogP contribution in [0.25, 0.3) is 0 Å². The van der Waals surface area contributed by atoms with Crippen LogP contribution < -0.4 is 10.6 Å². The van der Waals surface area contributed by atoms with Crippen LogP contribution in [0.5, 0.6) is 0 Å². The van der Waals surface area contributed by atoms with Gasteiger partial charge in [-0.2, -0.15) is 11.3 Å². The molecule has 1 amide bonds. The van der Waals surface area contributed by atoms with Crippen LogP contribution in [0, 0.1) is 0 Å². The standard InChI is InChI=1S/C11H14N2OS.ClH/c14-11(10-3-6-15-8-10)13-7-9-1-4-12-5-2-9;/h1,3,6,8,12H,2,4-5,7H2,(H,13,14);1H. The van der Waals surface area contributed by atoms with Crippen LogP contribution in [-0.4, -0.2) is 25.5 Å². The number of thiophene rings is 1. The summed E-state index contributed by atoms with van der Waals surface area (Å²) in [7, 11) is 0. The Bertz CT molecular complexity index is 362. The first-order valence-electron chi connectivity index (χ1n) is 5.05. The van der Waals surface area contributed by atoms with E-state index in [1.165, 1.54) is 5.57 Å². The van der Waals surface area contributed by atoms with Crippen LogP contribution in [-0.2, 0) is 0 Å². The lowest BCUT2D eigenvalue weighted by Crippen LogP contribution is -2.29. The van der Waals surface area contributed by atoms with Gasteiger partial charge < -0.3 is 10.6 Å². The minimum Gasteiger partial charge on any atom is -0.348 e. The smallest absolute Gasteiger partial charge is 0.252 e. The van der Waals surface area contributed by atoms with Gasteiger partial charge in [-0.15, -0.1) is 12.4 Å². The molecule has 1 aliphatic heterocycles. The number of nitrogens with one attached hydrogen (secondary N) is 2. The average Bonchev–Trinajstić information content (AvgIpc) is 2.81. The maximum absolute atomic E-state index is 11.6. The summed E-state index contributed by atoms with van der Waals surface area (Å²) in [6.07, 6.45) is 3.18. The molecule has 5 heteroatoms. The topological polar surface area (TPSA) is 41.1 Å². The Kier molecular flexibility index (Phi) is 5.52. The zero-order valence-electron chi connectivity index (χ0n) is 8.86. The van der Waals surface area contributed by atoms with Crippen LogP contribution in [0.2, 0.25) is 0 Å². The van der Waals surface area contributed by atoms with Gasteiger partial charge in [-0.3, -0.25) is 4.79 Å². The third kappa shape index (κ3) is 3.63. The number of rotatable bonds is 3. The zero-order valence-corrected chi connectivity index (χ0v) is 10.5. The molecule has 2 heterocycles. The van der Waals surface area contributed by atoms with Crippen molar-refractivity contribution in [2.24, 2.45) is 0 Å². The van der Waals surface area contributed by atoms with Gasteiger partial charge in [0, 0.05) is 24.0 Å². The lowest BCUT2D eigenvalue weighted by molar-refractivity contribution is 0.0957. The first kappa shape index (κ1) is 13.2. The molecular weight excluding hydrogens is 244 g/mol.